The molecular formula is C13H13NO3. The van der Waals surface area contributed by atoms with Crippen molar-refractivity contribution >= 4 is 16.9 Å². The third-order valence-electron chi connectivity index (χ3n) is 2.50. The van der Waals surface area contributed by atoms with Crippen molar-refractivity contribution in [2.75, 3.05) is 14.2 Å². The highest BCUT2D eigenvalue weighted by Gasteiger charge is 2.09. The van der Waals surface area contributed by atoms with Crippen LogP contribution in [0.15, 0.2) is 30.3 Å². The van der Waals surface area contributed by atoms with Crippen molar-refractivity contribution in [1.29, 1.82) is 0 Å². The lowest BCUT2D eigenvalue weighted by atomic mass is 10.1. The number of carbonyl (C=O) groups is 1. The van der Waals surface area contributed by atoms with Crippen molar-refractivity contribution in [2.45, 2.75) is 6.61 Å². The number of ether oxygens (including phenoxy) is 2. The maximum atomic E-state index is 11.4. The molecule has 1 aromatic carbocycles. The molecule has 4 heteroatoms. The molecule has 0 saturated carbocycles. The van der Waals surface area contributed by atoms with Crippen LogP contribution in [0.5, 0.6) is 0 Å². The van der Waals surface area contributed by atoms with Gasteiger partial charge in [-0.05, 0) is 6.07 Å². The molecule has 0 unspecified atom stereocenters. The van der Waals surface area contributed by atoms with Crippen molar-refractivity contribution in [3.8, 4) is 0 Å². The van der Waals surface area contributed by atoms with Crippen LogP contribution in [-0.4, -0.2) is 25.2 Å². The average molecular weight is 231 g/mol. The Labute approximate surface area is 99.2 Å². The predicted molar refractivity (Wildman–Crippen MR) is 63.8 cm³/mol. The van der Waals surface area contributed by atoms with Crippen LogP contribution in [0.2, 0.25) is 0 Å². The van der Waals surface area contributed by atoms with Crippen LogP contribution in [0.4, 0.5) is 0 Å². The molecular weight excluding hydrogens is 218 g/mol. The van der Waals surface area contributed by atoms with Gasteiger partial charge in [-0.3, -0.25) is 0 Å². The Morgan fingerprint density at radius 3 is 2.76 bits per heavy atom. The Hall–Kier alpha value is -1.94. The van der Waals surface area contributed by atoms with E-state index in [0.717, 1.165) is 16.5 Å². The van der Waals surface area contributed by atoms with Gasteiger partial charge in [0.25, 0.3) is 0 Å². The van der Waals surface area contributed by atoms with Crippen LogP contribution in [0, 0.1) is 0 Å². The number of hydrogen-bond acceptors (Lipinski definition) is 4. The monoisotopic (exact) mass is 231 g/mol. The molecule has 0 aliphatic heterocycles. The standard InChI is InChI=1S/C13H13NO3/c1-16-8-10-5-3-4-9-6-7-11(13(15)17-2)14-12(9)10/h3-7H,8H2,1-2H3. The minimum Gasteiger partial charge on any atom is -0.464 e. The first kappa shape index (κ1) is 11.5. The van der Waals surface area contributed by atoms with E-state index in [4.69, 9.17) is 4.74 Å². The van der Waals surface area contributed by atoms with Crippen LogP contribution in [0.3, 0.4) is 0 Å². The number of para-hydroxylation sites is 1. The van der Waals surface area contributed by atoms with E-state index >= 15 is 0 Å². The summed E-state index contributed by atoms with van der Waals surface area (Å²) in [6.45, 7) is 0.467. The normalized spacial score (nSPS) is 10.5. The first-order valence-corrected chi connectivity index (χ1v) is 5.22. The average Bonchev–Trinajstić information content (AvgIpc) is 2.38. The van der Waals surface area contributed by atoms with Gasteiger partial charge in [0.2, 0.25) is 0 Å². The summed E-state index contributed by atoms with van der Waals surface area (Å²) >= 11 is 0. The number of aromatic nitrogens is 1. The largest absolute Gasteiger partial charge is 0.464 e. The highest BCUT2D eigenvalue weighted by atomic mass is 16.5. The zero-order valence-electron chi connectivity index (χ0n) is 9.77. The van der Waals surface area contributed by atoms with Crippen molar-refractivity contribution < 1.29 is 14.3 Å². The van der Waals surface area contributed by atoms with Gasteiger partial charge >= 0.3 is 5.97 Å². The van der Waals surface area contributed by atoms with Crippen LogP contribution in [0.1, 0.15) is 16.1 Å². The summed E-state index contributed by atoms with van der Waals surface area (Å²) in [4.78, 5) is 15.7. The highest BCUT2D eigenvalue weighted by molar-refractivity contribution is 5.91. The smallest absolute Gasteiger partial charge is 0.356 e. The molecule has 0 radical (unpaired) electrons. The number of fused-ring (bicyclic) bond motifs is 1. The molecule has 2 aromatic rings. The lowest BCUT2D eigenvalue weighted by Crippen LogP contribution is -2.04. The fourth-order valence-corrected chi connectivity index (χ4v) is 1.70. The molecule has 2 rings (SSSR count). The molecule has 0 aliphatic rings. The molecule has 0 amide bonds. The molecule has 0 bridgehead atoms. The van der Waals surface area contributed by atoms with Gasteiger partial charge in [-0.1, -0.05) is 24.3 Å². The SMILES string of the molecule is COCc1cccc2ccc(C(=O)OC)nc12. The molecule has 0 spiro atoms. The minimum absolute atomic E-state index is 0.309. The lowest BCUT2D eigenvalue weighted by Gasteiger charge is -2.06. The second kappa shape index (κ2) is 4.93. The predicted octanol–water partition coefficient (Wildman–Crippen LogP) is 2.17. The first-order valence-electron chi connectivity index (χ1n) is 5.22. The molecule has 17 heavy (non-hydrogen) atoms. The van der Waals surface area contributed by atoms with Gasteiger partial charge in [0, 0.05) is 18.1 Å². The summed E-state index contributed by atoms with van der Waals surface area (Å²) < 4.78 is 9.76. The summed E-state index contributed by atoms with van der Waals surface area (Å²) in [5.41, 5.74) is 2.04. The molecule has 0 N–H and O–H groups in total. The molecule has 0 atom stereocenters. The fraction of sp³-hybridized carbons (Fsp3) is 0.231. The third kappa shape index (κ3) is 2.26. The van der Waals surface area contributed by atoms with Crippen molar-refractivity contribution in [1.82, 2.24) is 4.98 Å². The summed E-state index contributed by atoms with van der Waals surface area (Å²) in [5, 5.41) is 0.979. The van der Waals surface area contributed by atoms with Crippen LogP contribution < -0.4 is 0 Å². The van der Waals surface area contributed by atoms with Crippen molar-refractivity contribution in [3.63, 3.8) is 0 Å². The lowest BCUT2D eigenvalue weighted by molar-refractivity contribution is 0.0594. The van der Waals surface area contributed by atoms with Gasteiger partial charge in [0.15, 0.2) is 0 Å². The van der Waals surface area contributed by atoms with E-state index in [1.807, 2.05) is 24.3 Å². The Morgan fingerprint density at radius 1 is 1.24 bits per heavy atom. The van der Waals surface area contributed by atoms with Crippen molar-refractivity contribution in [3.05, 3.63) is 41.6 Å². The van der Waals surface area contributed by atoms with E-state index in [-0.39, 0.29) is 0 Å². The Bertz CT molecular complexity index is 551. The fourth-order valence-electron chi connectivity index (χ4n) is 1.70. The van der Waals surface area contributed by atoms with E-state index in [9.17, 15) is 4.79 Å². The number of hydrogen-bond donors (Lipinski definition) is 0. The third-order valence-corrected chi connectivity index (χ3v) is 2.50. The van der Waals surface area contributed by atoms with Gasteiger partial charge in [-0.2, -0.15) is 0 Å². The van der Waals surface area contributed by atoms with E-state index in [0.29, 0.717) is 12.3 Å². The zero-order chi connectivity index (χ0) is 12.3. The topological polar surface area (TPSA) is 48.4 Å². The quantitative estimate of drug-likeness (QED) is 0.759. The molecule has 1 heterocycles. The second-order valence-electron chi connectivity index (χ2n) is 3.61. The zero-order valence-corrected chi connectivity index (χ0v) is 9.77. The van der Waals surface area contributed by atoms with Gasteiger partial charge < -0.3 is 9.47 Å². The van der Waals surface area contributed by atoms with E-state index in [1.54, 1.807) is 13.2 Å². The molecule has 4 nitrogen and oxygen atoms in total. The summed E-state index contributed by atoms with van der Waals surface area (Å²) in [5.74, 6) is -0.431. The first-order chi connectivity index (χ1) is 8.26. The van der Waals surface area contributed by atoms with E-state index in [2.05, 4.69) is 9.72 Å². The van der Waals surface area contributed by atoms with Gasteiger partial charge in [0.05, 0.1) is 19.2 Å². The van der Waals surface area contributed by atoms with Crippen LogP contribution in [-0.2, 0) is 16.1 Å². The van der Waals surface area contributed by atoms with Gasteiger partial charge in [0.1, 0.15) is 5.69 Å². The van der Waals surface area contributed by atoms with E-state index < -0.39 is 5.97 Å². The van der Waals surface area contributed by atoms with Gasteiger partial charge in [-0.25, -0.2) is 9.78 Å². The number of rotatable bonds is 3. The Morgan fingerprint density at radius 2 is 2.06 bits per heavy atom. The maximum Gasteiger partial charge on any atom is 0.356 e. The van der Waals surface area contributed by atoms with Gasteiger partial charge in [-0.15, -0.1) is 0 Å². The molecule has 0 fully saturated rings. The Kier molecular flexibility index (Phi) is 3.35. The number of pyridine rings is 1. The minimum atomic E-state index is -0.431. The van der Waals surface area contributed by atoms with Crippen molar-refractivity contribution in [2.24, 2.45) is 0 Å². The number of methoxy groups -OCH3 is 2. The molecule has 1 aromatic heterocycles. The summed E-state index contributed by atoms with van der Waals surface area (Å²) in [6, 6.07) is 9.33. The van der Waals surface area contributed by atoms with E-state index in [1.165, 1.54) is 7.11 Å². The molecule has 0 saturated heterocycles. The summed E-state index contributed by atoms with van der Waals surface area (Å²) in [7, 11) is 2.97. The number of nitrogens with zero attached hydrogens (tertiary/aromatic N) is 1. The second-order valence-corrected chi connectivity index (χ2v) is 3.61. The summed E-state index contributed by atoms with van der Waals surface area (Å²) in [6.07, 6.45) is 0. The number of carbonyl (C=O) groups excluding carboxylic acids is 1. The molecule has 88 valence electrons. The highest BCUT2D eigenvalue weighted by Crippen LogP contribution is 2.18. The van der Waals surface area contributed by atoms with Crippen LogP contribution >= 0.6 is 0 Å². The number of esters is 1. The molecule has 0 aliphatic carbocycles. The van der Waals surface area contributed by atoms with Crippen LogP contribution in [0.25, 0.3) is 10.9 Å². The number of benzene rings is 1. The maximum absolute atomic E-state index is 11.4. The Balaban J connectivity index is 2.57.